The van der Waals surface area contributed by atoms with Crippen molar-refractivity contribution in [2.24, 2.45) is 23.2 Å². The molecule has 4 aliphatic carbocycles. The topological polar surface area (TPSA) is 42.0 Å². The minimum absolute atomic E-state index is 0.148. The van der Waals surface area contributed by atoms with E-state index in [2.05, 4.69) is 10.3 Å². The number of nitrogens with zero attached hydrogens (tertiary/aromatic N) is 1. The molecule has 4 fully saturated rings. The Labute approximate surface area is 150 Å². The predicted molar refractivity (Wildman–Crippen MR) is 98.6 cm³/mol. The molecule has 1 amide bonds. The lowest BCUT2D eigenvalue weighted by Crippen LogP contribution is -2.51. The highest BCUT2D eigenvalue weighted by atomic mass is 35.5. The number of thiazole rings is 1. The van der Waals surface area contributed by atoms with E-state index >= 15 is 0 Å². The lowest BCUT2D eigenvalue weighted by atomic mass is 9.49. The number of rotatable bonds is 2. The van der Waals surface area contributed by atoms with Gasteiger partial charge in [-0.3, -0.25) is 4.79 Å². The fraction of sp³-hybridized carbons (Fsp3) is 0.579. The maximum atomic E-state index is 13.2. The van der Waals surface area contributed by atoms with Crippen LogP contribution in [-0.4, -0.2) is 10.9 Å². The number of hydrogen-bond acceptors (Lipinski definition) is 3. The monoisotopic (exact) mass is 360 g/mol. The third-order valence-corrected chi connectivity index (χ3v) is 7.69. The van der Waals surface area contributed by atoms with E-state index in [1.165, 1.54) is 19.3 Å². The molecule has 0 aliphatic heterocycles. The lowest BCUT2D eigenvalue weighted by molar-refractivity contribution is -0.140. The zero-order valence-electron chi connectivity index (χ0n) is 13.8. The molecule has 0 saturated heterocycles. The van der Waals surface area contributed by atoms with Crippen molar-refractivity contribution in [1.82, 2.24) is 4.98 Å². The molecule has 4 aliphatic rings. The van der Waals surface area contributed by atoms with E-state index in [1.54, 1.807) is 11.3 Å². The first-order valence-corrected chi connectivity index (χ1v) is 10.1. The van der Waals surface area contributed by atoms with Gasteiger partial charge in [-0.25, -0.2) is 4.98 Å². The van der Waals surface area contributed by atoms with Crippen LogP contribution >= 0.6 is 22.9 Å². The van der Waals surface area contributed by atoms with Crippen molar-refractivity contribution < 1.29 is 4.79 Å². The zero-order chi connectivity index (χ0) is 16.5. The number of aryl methyl sites for hydroxylation is 1. The third kappa shape index (κ3) is 2.22. The van der Waals surface area contributed by atoms with Crippen molar-refractivity contribution in [3.05, 3.63) is 22.2 Å². The van der Waals surface area contributed by atoms with Crippen LogP contribution in [0.5, 0.6) is 0 Å². The fourth-order valence-corrected chi connectivity index (χ4v) is 6.96. The highest BCUT2D eigenvalue weighted by Crippen LogP contribution is 2.60. The first-order valence-electron chi connectivity index (χ1n) is 8.89. The van der Waals surface area contributed by atoms with E-state index in [4.69, 9.17) is 11.6 Å². The summed E-state index contributed by atoms with van der Waals surface area (Å²) in [7, 11) is 0. The summed E-state index contributed by atoms with van der Waals surface area (Å²) in [5.41, 5.74) is 1.38. The normalized spacial score (nSPS) is 34.0. The van der Waals surface area contributed by atoms with Crippen molar-refractivity contribution in [3.63, 3.8) is 0 Å². The van der Waals surface area contributed by atoms with Crippen molar-refractivity contribution in [3.8, 4) is 0 Å². The zero-order valence-corrected chi connectivity index (χ0v) is 15.3. The SMILES string of the molecule is Cc1nc2c(Cl)c(NC(=O)C34CC5CC(CC(C5)C3)C4)ccc2s1. The number of benzene rings is 1. The molecule has 0 atom stereocenters. The molecule has 24 heavy (non-hydrogen) atoms. The molecule has 5 heteroatoms. The van der Waals surface area contributed by atoms with Gasteiger partial charge in [0.25, 0.3) is 0 Å². The Bertz CT molecular complexity index is 808. The van der Waals surface area contributed by atoms with Crippen molar-refractivity contribution in [2.75, 3.05) is 5.32 Å². The number of anilines is 1. The Morgan fingerprint density at radius 3 is 2.46 bits per heavy atom. The summed E-state index contributed by atoms with van der Waals surface area (Å²) in [6.07, 6.45) is 7.24. The average molecular weight is 361 g/mol. The number of halogens is 1. The largest absolute Gasteiger partial charge is 0.324 e. The molecule has 4 bridgehead atoms. The van der Waals surface area contributed by atoms with Gasteiger partial charge >= 0.3 is 0 Å². The molecule has 1 aromatic heterocycles. The van der Waals surface area contributed by atoms with Gasteiger partial charge in [-0.1, -0.05) is 11.6 Å². The van der Waals surface area contributed by atoms with E-state index in [0.29, 0.717) is 5.02 Å². The van der Waals surface area contributed by atoms with Gasteiger partial charge in [-0.2, -0.15) is 0 Å². The Hall–Kier alpha value is -1.13. The molecule has 126 valence electrons. The fourth-order valence-electron chi connectivity index (χ4n) is 5.81. The minimum atomic E-state index is -0.148. The smallest absolute Gasteiger partial charge is 0.230 e. The average Bonchev–Trinajstić information content (AvgIpc) is 2.90. The molecular formula is C19H21ClN2OS. The molecule has 1 heterocycles. The van der Waals surface area contributed by atoms with Crippen LogP contribution in [0.25, 0.3) is 10.2 Å². The van der Waals surface area contributed by atoms with Crippen LogP contribution in [0.1, 0.15) is 43.5 Å². The van der Waals surface area contributed by atoms with Crippen LogP contribution in [0.3, 0.4) is 0 Å². The van der Waals surface area contributed by atoms with Crippen LogP contribution in [-0.2, 0) is 4.79 Å². The van der Waals surface area contributed by atoms with Gasteiger partial charge in [-0.05, 0) is 75.3 Å². The third-order valence-electron chi connectivity index (χ3n) is 6.37. The number of aromatic nitrogens is 1. The number of fused-ring (bicyclic) bond motifs is 1. The Morgan fingerprint density at radius 1 is 1.21 bits per heavy atom. The van der Waals surface area contributed by atoms with Gasteiger partial charge < -0.3 is 5.32 Å². The second-order valence-electron chi connectivity index (χ2n) is 8.16. The van der Waals surface area contributed by atoms with E-state index < -0.39 is 0 Å². The maximum absolute atomic E-state index is 13.2. The van der Waals surface area contributed by atoms with Crippen molar-refractivity contribution >= 4 is 44.7 Å². The van der Waals surface area contributed by atoms with Gasteiger partial charge in [0.1, 0.15) is 5.52 Å². The van der Waals surface area contributed by atoms with Crippen molar-refractivity contribution in [1.29, 1.82) is 0 Å². The number of amides is 1. The summed E-state index contributed by atoms with van der Waals surface area (Å²) in [4.78, 5) is 17.7. The van der Waals surface area contributed by atoms with Gasteiger partial charge in [0.15, 0.2) is 0 Å². The second kappa shape index (κ2) is 5.18. The van der Waals surface area contributed by atoms with E-state index in [0.717, 1.165) is 57.9 Å². The summed E-state index contributed by atoms with van der Waals surface area (Å²) in [5.74, 6) is 2.48. The predicted octanol–water partition coefficient (Wildman–Crippen LogP) is 5.41. The van der Waals surface area contributed by atoms with E-state index in [-0.39, 0.29) is 11.3 Å². The van der Waals surface area contributed by atoms with Crippen LogP contribution in [0.4, 0.5) is 5.69 Å². The second-order valence-corrected chi connectivity index (χ2v) is 9.77. The maximum Gasteiger partial charge on any atom is 0.230 e. The molecule has 1 N–H and O–H groups in total. The van der Waals surface area contributed by atoms with Crippen LogP contribution < -0.4 is 5.32 Å². The molecule has 6 rings (SSSR count). The van der Waals surface area contributed by atoms with Gasteiger partial charge in [0.05, 0.1) is 25.8 Å². The first kappa shape index (κ1) is 15.2. The molecule has 2 aromatic rings. The molecule has 1 aromatic carbocycles. The Kier molecular flexibility index (Phi) is 3.27. The lowest BCUT2D eigenvalue weighted by Gasteiger charge is -2.55. The van der Waals surface area contributed by atoms with Crippen molar-refractivity contribution in [2.45, 2.75) is 45.4 Å². The first-order chi connectivity index (χ1) is 11.5. The molecule has 0 radical (unpaired) electrons. The van der Waals surface area contributed by atoms with E-state index in [1.807, 2.05) is 19.1 Å². The van der Waals surface area contributed by atoms with Gasteiger partial charge in [-0.15, -0.1) is 11.3 Å². The number of nitrogens with one attached hydrogen (secondary N) is 1. The number of carbonyl (C=O) groups excluding carboxylic acids is 1. The molecule has 4 saturated carbocycles. The standard InChI is InChI=1S/C19H21ClN2OS/c1-10-21-17-15(24-10)3-2-14(16(17)20)22-18(23)19-7-11-4-12(8-19)6-13(5-11)9-19/h2-3,11-13H,4-9H2,1H3,(H,22,23). The van der Waals surface area contributed by atoms with Crippen LogP contribution in [0.2, 0.25) is 5.02 Å². The summed E-state index contributed by atoms with van der Waals surface area (Å²) >= 11 is 8.17. The van der Waals surface area contributed by atoms with Crippen LogP contribution in [0.15, 0.2) is 12.1 Å². The minimum Gasteiger partial charge on any atom is -0.324 e. The highest BCUT2D eigenvalue weighted by Gasteiger charge is 2.54. The van der Waals surface area contributed by atoms with E-state index in [9.17, 15) is 4.79 Å². The molecular weight excluding hydrogens is 340 g/mol. The summed E-state index contributed by atoms with van der Waals surface area (Å²) in [6, 6.07) is 3.95. The molecule has 0 unspecified atom stereocenters. The summed E-state index contributed by atoms with van der Waals surface area (Å²) < 4.78 is 1.07. The molecule has 0 spiro atoms. The Morgan fingerprint density at radius 2 is 1.83 bits per heavy atom. The van der Waals surface area contributed by atoms with Gasteiger partial charge in [0.2, 0.25) is 5.91 Å². The number of carbonyl (C=O) groups is 1. The van der Waals surface area contributed by atoms with Crippen LogP contribution in [0, 0.1) is 30.1 Å². The molecule has 3 nitrogen and oxygen atoms in total. The summed E-state index contributed by atoms with van der Waals surface area (Å²) in [6.45, 7) is 1.98. The highest BCUT2D eigenvalue weighted by molar-refractivity contribution is 7.18. The number of hydrogen-bond donors (Lipinski definition) is 1. The quantitative estimate of drug-likeness (QED) is 0.777. The Balaban J connectivity index is 1.45. The summed E-state index contributed by atoms with van der Waals surface area (Å²) in [5, 5.41) is 4.74. The van der Waals surface area contributed by atoms with Gasteiger partial charge in [0, 0.05) is 0 Å².